The lowest BCUT2D eigenvalue weighted by Crippen LogP contribution is -2.00. The van der Waals surface area contributed by atoms with Crippen molar-refractivity contribution in [2.45, 2.75) is 18.2 Å². The molecule has 25 heavy (non-hydrogen) atoms. The van der Waals surface area contributed by atoms with Crippen molar-refractivity contribution < 1.29 is 18.8 Å². The van der Waals surface area contributed by atoms with Gasteiger partial charge in [-0.05, 0) is 54.3 Å². The molecule has 7 heteroatoms. The van der Waals surface area contributed by atoms with Gasteiger partial charge in [-0.3, -0.25) is 0 Å². The maximum absolute atomic E-state index is 11.7. The highest BCUT2D eigenvalue weighted by Gasteiger charge is 2.14. The number of fused-ring (bicyclic) bond motifs is 1. The molecule has 2 aromatic carbocycles. The summed E-state index contributed by atoms with van der Waals surface area (Å²) in [7, 11) is 2.99. The Kier molecular flexibility index (Phi) is 5.14. The van der Waals surface area contributed by atoms with E-state index in [1.165, 1.54) is 24.6 Å². The lowest BCUT2D eigenvalue weighted by Gasteiger charge is -2.10. The van der Waals surface area contributed by atoms with Crippen LogP contribution in [-0.4, -0.2) is 25.3 Å². The van der Waals surface area contributed by atoms with Gasteiger partial charge in [0.05, 0.1) is 30.1 Å². The van der Waals surface area contributed by atoms with E-state index in [2.05, 4.69) is 22.9 Å². The quantitative estimate of drug-likeness (QED) is 0.520. The van der Waals surface area contributed by atoms with E-state index >= 15 is 0 Å². The summed E-state index contributed by atoms with van der Waals surface area (Å²) in [5.41, 5.74) is 2.24. The predicted molar refractivity (Wildman–Crippen MR) is 97.2 cm³/mol. The minimum atomic E-state index is -0.404. The number of benzene rings is 2. The summed E-state index contributed by atoms with van der Waals surface area (Å²) in [6.07, 6.45) is 0.937. The molecule has 0 aliphatic carbocycles. The number of esters is 1. The first kappa shape index (κ1) is 17.2. The van der Waals surface area contributed by atoms with Crippen LogP contribution in [0.3, 0.4) is 0 Å². The predicted octanol–water partition coefficient (Wildman–Crippen LogP) is 4.30. The van der Waals surface area contributed by atoms with Crippen LogP contribution in [0.25, 0.3) is 11.0 Å². The molecule has 0 fully saturated rings. The molecular formula is C18H18N2O4S. The van der Waals surface area contributed by atoms with Crippen molar-refractivity contribution in [3.05, 3.63) is 47.5 Å². The molecule has 0 aliphatic heterocycles. The van der Waals surface area contributed by atoms with Gasteiger partial charge in [0.25, 0.3) is 0 Å². The molecule has 1 aromatic heterocycles. The van der Waals surface area contributed by atoms with E-state index in [1.54, 1.807) is 25.3 Å². The number of nitrogens with one attached hydrogen (secondary N) is 1. The Morgan fingerprint density at radius 3 is 2.80 bits per heavy atom. The molecule has 0 atom stereocenters. The van der Waals surface area contributed by atoms with Gasteiger partial charge in [-0.2, -0.15) is 0 Å². The van der Waals surface area contributed by atoms with Gasteiger partial charge in [0.15, 0.2) is 11.4 Å². The third kappa shape index (κ3) is 3.56. The molecular weight excluding hydrogens is 340 g/mol. The van der Waals surface area contributed by atoms with Gasteiger partial charge >= 0.3 is 5.97 Å². The zero-order valence-corrected chi connectivity index (χ0v) is 15.0. The normalized spacial score (nSPS) is 10.7. The maximum atomic E-state index is 11.7. The number of aryl methyl sites for hydroxylation is 1. The summed E-state index contributed by atoms with van der Waals surface area (Å²) >= 11 is 1.38. The monoisotopic (exact) mass is 358 g/mol. The van der Waals surface area contributed by atoms with Crippen LogP contribution in [0.2, 0.25) is 0 Å². The zero-order chi connectivity index (χ0) is 17.8. The Labute approximate surface area is 149 Å². The second kappa shape index (κ2) is 7.48. The third-order valence-corrected chi connectivity index (χ3v) is 4.62. The number of ether oxygens (including phenoxy) is 2. The topological polar surface area (TPSA) is 73.6 Å². The molecule has 0 unspecified atom stereocenters. The molecule has 0 radical (unpaired) electrons. The summed E-state index contributed by atoms with van der Waals surface area (Å²) in [5, 5.41) is 4.74. The molecule has 0 spiro atoms. The summed E-state index contributed by atoms with van der Waals surface area (Å²) in [4.78, 5) is 12.7. The number of rotatable bonds is 6. The summed E-state index contributed by atoms with van der Waals surface area (Å²) in [5.74, 6) is 0.909. The Morgan fingerprint density at radius 1 is 1.24 bits per heavy atom. The largest absolute Gasteiger partial charge is 0.496 e. The first-order valence-electron chi connectivity index (χ1n) is 7.73. The molecule has 0 saturated heterocycles. The summed E-state index contributed by atoms with van der Waals surface area (Å²) in [6, 6.07) is 11.1. The van der Waals surface area contributed by atoms with Gasteiger partial charge in [-0.25, -0.2) is 4.79 Å². The second-order valence-corrected chi connectivity index (χ2v) is 6.12. The second-order valence-electron chi connectivity index (χ2n) is 5.28. The van der Waals surface area contributed by atoms with Gasteiger partial charge in [0.2, 0.25) is 0 Å². The molecule has 130 valence electrons. The number of methoxy groups -OCH3 is 2. The Bertz CT molecular complexity index is 907. The maximum Gasteiger partial charge on any atom is 0.337 e. The fourth-order valence-electron chi connectivity index (χ4n) is 2.38. The van der Waals surface area contributed by atoms with Gasteiger partial charge in [-0.15, -0.1) is 0 Å². The number of carbonyl (C=O) groups is 1. The minimum absolute atomic E-state index is 0.404. The van der Waals surface area contributed by atoms with E-state index in [-0.39, 0.29) is 0 Å². The molecule has 3 aromatic rings. The van der Waals surface area contributed by atoms with Gasteiger partial charge < -0.3 is 18.7 Å². The van der Waals surface area contributed by atoms with E-state index in [4.69, 9.17) is 14.0 Å². The standard InChI is InChI=1S/C18H18N2O4S/c1-4-11-5-7-15(22-2)16(9-11)25-20-17-13-10-12(18(21)23-3)6-8-14(13)24-19-17/h5-10H,4H2,1-3H3,(H,19,20). The van der Waals surface area contributed by atoms with Crippen LogP contribution in [0, 0.1) is 0 Å². The molecule has 0 amide bonds. The minimum Gasteiger partial charge on any atom is -0.496 e. The number of aromatic nitrogens is 1. The Balaban J connectivity index is 1.87. The van der Waals surface area contributed by atoms with Crippen molar-refractivity contribution in [2.75, 3.05) is 18.9 Å². The lowest BCUT2D eigenvalue weighted by atomic mass is 10.1. The number of carbonyl (C=O) groups excluding carboxylic acids is 1. The molecule has 0 saturated carbocycles. The van der Waals surface area contributed by atoms with Gasteiger partial charge in [0, 0.05) is 0 Å². The van der Waals surface area contributed by atoms with E-state index in [1.807, 2.05) is 12.1 Å². The van der Waals surface area contributed by atoms with Crippen molar-refractivity contribution in [1.29, 1.82) is 0 Å². The van der Waals surface area contributed by atoms with Crippen molar-refractivity contribution in [3.8, 4) is 5.75 Å². The van der Waals surface area contributed by atoms with Crippen molar-refractivity contribution in [1.82, 2.24) is 5.16 Å². The first-order valence-corrected chi connectivity index (χ1v) is 8.55. The average molecular weight is 358 g/mol. The van der Waals surface area contributed by atoms with Crippen LogP contribution < -0.4 is 9.46 Å². The van der Waals surface area contributed by atoms with E-state index in [9.17, 15) is 4.79 Å². The fourth-order valence-corrected chi connectivity index (χ4v) is 3.20. The first-order chi connectivity index (χ1) is 12.2. The van der Waals surface area contributed by atoms with Gasteiger partial charge in [0.1, 0.15) is 5.75 Å². The number of hydrogen-bond acceptors (Lipinski definition) is 7. The van der Waals surface area contributed by atoms with E-state index < -0.39 is 5.97 Å². The lowest BCUT2D eigenvalue weighted by molar-refractivity contribution is 0.0601. The molecule has 3 rings (SSSR count). The van der Waals surface area contributed by atoms with Crippen molar-refractivity contribution in [2.24, 2.45) is 0 Å². The molecule has 6 nitrogen and oxygen atoms in total. The van der Waals surface area contributed by atoms with Crippen molar-refractivity contribution in [3.63, 3.8) is 0 Å². The van der Waals surface area contributed by atoms with E-state index in [0.717, 1.165) is 17.1 Å². The van der Waals surface area contributed by atoms with Crippen LogP contribution in [0.5, 0.6) is 5.75 Å². The van der Waals surface area contributed by atoms with Crippen LogP contribution in [0.1, 0.15) is 22.8 Å². The summed E-state index contributed by atoms with van der Waals surface area (Å²) in [6.45, 7) is 2.10. The fraction of sp³-hybridized carbons (Fsp3) is 0.222. The Hall–Kier alpha value is -2.67. The highest BCUT2D eigenvalue weighted by molar-refractivity contribution is 8.00. The van der Waals surface area contributed by atoms with Crippen molar-refractivity contribution >= 4 is 34.7 Å². The van der Waals surface area contributed by atoms with E-state index in [0.29, 0.717) is 22.4 Å². The average Bonchev–Trinajstić information content (AvgIpc) is 3.07. The highest BCUT2D eigenvalue weighted by Crippen LogP contribution is 2.33. The molecule has 0 aliphatic rings. The van der Waals surface area contributed by atoms with Crippen LogP contribution in [0.4, 0.5) is 5.82 Å². The van der Waals surface area contributed by atoms with Crippen LogP contribution in [0.15, 0.2) is 45.8 Å². The van der Waals surface area contributed by atoms with Crippen LogP contribution in [-0.2, 0) is 11.2 Å². The number of hydrogen-bond donors (Lipinski definition) is 1. The smallest absolute Gasteiger partial charge is 0.337 e. The summed E-state index contributed by atoms with van der Waals surface area (Å²) < 4.78 is 18.6. The number of anilines is 1. The molecule has 1 heterocycles. The molecule has 0 bridgehead atoms. The number of nitrogens with zero attached hydrogens (tertiary/aromatic N) is 1. The van der Waals surface area contributed by atoms with Crippen LogP contribution >= 0.6 is 11.9 Å². The van der Waals surface area contributed by atoms with Gasteiger partial charge in [-0.1, -0.05) is 18.1 Å². The highest BCUT2D eigenvalue weighted by atomic mass is 32.2. The Morgan fingerprint density at radius 2 is 2.08 bits per heavy atom. The molecule has 1 N–H and O–H groups in total. The zero-order valence-electron chi connectivity index (χ0n) is 14.2. The third-order valence-electron chi connectivity index (χ3n) is 3.79. The SMILES string of the molecule is CCc1ccc(OC)c(SNc2noc3ccc(C(=O)OC)cc23)c1.